The Morgan fingerprint density at radius 1 is 1.14 bits per heavy atom. The van der Waals surface area contributed by atoms with Crippen LogP contribution in [0.4, 0.5) is 0 Å². The zero-order chi connectivity index (χ0) is 19.6. The second-order valence-electron chi connectivity index (χ2n) is 7.37. The van der Waals surface area contributed by atoms with E-state index in [1.165, 1.54) is 0 Å². The first-order valence-corrected chi connectivity index (χ1v) is 10.0. The number of para-hydroxylation sites is 2. The van der Waals surface area contributed by atoms with E-state index >= 15 is 0 Å². The van der Waals surface area contributed by atoms with Gasteiger partial charge < -0.3 is 14.3 Å². The van der Waals surface area contributed by atoms with Crippen LogP contribution in [0.5, 0.6) is 0 Å². The Balaban J connectivity index is 1.26. The molecule has 0 radical (unpaired) electrons. The van der Waals surface area contributed by atoms with Gasteiger partial charge >= 0.3 is 0 Å². The number of benzene rings is 2. The third-order valence-corrected chi connectivity index (χ3v) is 5.46. The minimum Gasteiger partial charge on any atom is -0.441 e. The molecule has 146 valence electrons. The number of H-pyrrole nitrogens is 1. The Kier molecular flexibility index (Phi) is 4.60. The SMILES string of the molecule is O=C(CCc1ncc(-c2ccccc2)o1)N1CCCC1c1nc2ccccc2[nH]1. The smallest absolute Gasteiger partial charge is 0.223 e. The van der Waals surface area contributed by atoms with Gasteiger partial charge in [0.05, 0.1) is 23.3 Å². The van der Waals surface area contributed by atoms with E-state index in [0.717, 1.165) is 47.6 Å². The third kappa shape index (κ3) is 3.53. The Bertz CT molecular complexity index is 1100. The van der Waals surface area contributed by atoms with E-state index in [2.05, 4.69) is 9.97 Å². The number of hydrogen-bond acceptors (Lipinski definition) is 4. The van der Waals surface area contributed by atoms with Crippen LogP contribution in [0.15, 0.2) is 65.2 Å². The molecule has 1 saturated heterocycles. The lowest BCUT2D eigenvalue weighted by molar-refractivity contribution is -0.132. The van der Waals surface area contributed by atoms with Crippen molar-refractivity contribution in [2.75, 3.05) is 6.54 Å². The molecule has 2 aromatic carbocycles. The summed E-state index contributed by atoms with van der Waals surface area (Å²) >= 11 is 0. The highest BCUT2D eigenvalue weighted by Crippen LogP contribution is 2.32. The van der Waals surface area contributed by atoms with Crippen LogP contribution in [-0.2, 0) is 11.2 Å². The second kappa shape index (κ2) is 7.54. The summed E-state index contributed by atoms with van der Waals surface area (Å²) in [6.45, 7) is 0.765. The van der Waals surface area contributed by atoms with Gasteiger partial charge in [-0.15, -0.1) is 0 Å². The van der Waals surface area contributed by atoms with Gasteiger partial charge in [0.25, 0.3) is 0 Å². The molecule has 0 saturated carbocycles. The highest BCUT2D eigenvalue weighted by atomic mass is 16.4. The lowest BCUT2D eigenvalue weighted by Crippen LogP contribution is -2.31. The number of fused-ring (bicyclic) bond motifs is 1. The normalized spacial score (nSPS) is 16.6. The zero-order valence-corrected chi connectivity index (χ0v) is 16.0. The summed E-state index contributed by atoms with van der Waals surface area (Å²) in [6.07, 6.45) is 4.52. The molecule has 1 atom stereocenters. The maximum atomic E-state index is 12.9. The quantitative estimate of drug-likeness (QED) is 0.547. The number of aromatic nitrogens is 3. The van der Waals surface area contributed by atoms with Crippen LogP contribution in [0, 0.1) is 0 Å². The van der Waals surface area contributed by atoms with Crippen LogP contribution in [0.2, 0.25) is 0 Å². The molecule has 1 aliphatic heterocycles. The van der Waals surface area contributed by atoms with Crippen molar-refractivity contribution in [3.05, 3.63) is 72.5 Å². The van der Waals surface area contributed by atoms with E-state index in [1.807, 2.05) is 59.5 Å². The van der Waals surface area contributed by atoms with Gasteiger partial charge in [0.15, 0.2) is 11.7 Å². The molecule has 2 aromatic heterocycles. The molecule has 6 heteroatoms. The summed E-state index contributed by atoms with van der Waals surface area (Å²) in [5, 5.41) is 0. The van der Waals surface area contributed by atoms with Gasteiger partial charge in [-0.25, -0.2) is 9.97 Å². The predicted octanol–water partition coefficient (Wildman–Crippen LogP) is 4.51. The monoisotopic (exact) mass is 386 g/mol. The number of aryl methyl sites for hydroxylation is 1. The highest BCUT2D eigenvalue weighted by Gasteiger charge is 2.32. The van der Waals surface area contributed by atoms with Gasteiger partial charge in [0.2, 0.25) is 5.91 Å². The molecular formula is C23H22N4O2. The van der Waals surface area contributed by atoms with Crippen molar-refractivity contribution in [3.63, 3.8) is 0 Å². The number of amides is 1. The molecule has 0 bridgehead atoms. The van der Waals surface area contributed by atoms with E-state index in [4.69, 9.17) is 9.40 Å². The molecule has 5 rings (SSSR count). The molecule has 1 unspecified atom stereocenters. The topological polar surface area (TPSA) is 75.0 Å². The number of imidazole rings is 1. The molecule has 3 heterocycles. The molecule has 0 spiro atoms. The molecule has 1 N–H and O–H groups in total. The summed E-state index contributed by atoms with van der Waals surface area (Å²) < 4.78 is 5.83. The van der Waals surface area contributed by atoms with Crippen LogP contribution >= 0.6 is 0 Å². The van der Waals surface area contributed by atoms with Crippen molar-refractivity contribution in [2.24, 2.45) is 0 Å². The van der Waals surface area contributed by atoms with Crippen LogP contribution in [0.25, 0.3) is 22.4 Å². The molecule has 1 fully saturated rings. The number of nitrogens with zero attached hydrogens (tertiary/aromatic N) is 3. The third-order valence-electron chi connectivity index (χ3n) is 5.46. The molecular weight excluding hydrogens is 364 g/mol. The standard InChI is InChI=1S/C23H22N4O2/c28-22(13-12-21-24-15-20(29-21)16-7-2-1-3-8-16)27-14-6-11-19(27)23-25-17-9-4-5-10-18(17)26-23/h1-5,7-10,15,19H,6,11-14H2,(H,25,26). The fourth-order valence-corrected chi connectivity index (χ4v) is 4.00. The molecule has 0 aliphatic carbocycles. The lowest BCUT2D eigenvalue weighted by atomic mass is 10.2. The number of likely N-dealkylation sites (tertiary alicyclic amines) is 1. The average Bonchev–Trinajstić information content (AvgIpc) is 3.51. The summed E-state index contributed by atoms with van der Waals surface area (Å²) in [5.41, 5.74) is 2.94. The van der Waals surface area contributed by atoms with Gasteiger partial charge in [-0.1, -0.05) is 42.5 Å². The Labute approximate surface area is 168 Å². The first-order valence-electron chi connectivity index (χ1n) is 10.0. The maximum Gasteiger partial charge on any atom is 0.223 e. The van der Waals surface area contributed by atoms with E-state index < -0.39 is 0 Å². The van der Waals surface area contributed by atoms with Crippen molar-refractivity contribution in [3.8, 4) is 11.3 Å². The number of oxazole rings is 1. The average molecular weight is 386 g/mol. The minimum absolute atomic E-state index is 0.0133. The molecule has 29 heavy (non-hydrogen) atoms. The summed E-state index contributed by atoms with van der Waals surface area (Å²) in [7, 11) is 0. The van der Waals surface area contributed by atoms with Gasteiger partial charge in [-0.3, -0.25) is 4.79 Å². The Hall–Kier alpha value is -3.41. The van der Waals surface area contributed by atoms with Gasteiger partial charge in [0.1, 0.15) is 5.82 Å². The van der Waals surface area contributed by atoms with Gasteiger partial charge in [0, 0.05) is 24.9 Å². The summed E-state index contributed by atoms with van der Waals surface area (Å²) in [5.74, 6) is 2.32. The second-order valence-corrected chi connectivity index (χ2v) is 7.37. The van der Waals surface area contributed by atoms with E-state index in [0.29, 0.717) is 18.7 Å². The first-order chi connectivity index (χ1) is 14.3. The lowest BCUT2D eigenvalue weighted by Gasteiger charge is -2.23. The fourth-order valence-electron chi connectivity index (χ4n) is 4.00. The van der Waals surface area contributed by atoms with Crippen molar-refractivity contribution in [2.45, 2.75) is 31.7 Å². The maximum absolute atomic E-state index is 12.9. The Morgan fingerprint density at radius 2 is 1.97 bits per heavy atom. The van der Waals surface area contributed by atoms with Crippen molar-refractivity contribution in [1.82, 2.24) is 19.9 Å². The number of aromatic amines is 1. The van der Waals surface area contributed by atoms with Crippen molar-refractivity contribution < 1.29 is 9.21 Å². The summed E-state index contributed by atoms with van der Waals surface area (Å²) in [4.78, 5) is 27.3. The number of rotatable bonds is 5. The zero-order valence-electron chi connectivity index (χ0n) is 16.0. The van der Waals surface area contributed by atoms with Crippen LogP contribution in [0.3, 0.4) is 0 Å². The fraction of sp³-hybridized carbons (Fsp3) is 0.261. The number of carbonyl (C=O) groups excluding carboxylic acids is 1. The molecule has 6 nitrogen and oxygen atoms in total. The van der Waals surface area contributed by atoms with Crippen LogP contribution in [0.1, 0.15) is 37.0 Å². The summed E-state index contributed by atoms with van der Waals surface area (Å²) in [6, 6.07) is 17.8. The molecule has 1 aliphatic rings. The van der Waals surface area contributed by atoms with E-state index in [1.54, 1.807) is 6.20 Å². The minimum atomic E-state index is 0.0133. The van der Waals surface area contributed by atoms with Crippen LogP contribution in [-0.4, -0.2) is 32.3 Å². The molecule has 1 amide bonds. The first kappa shape index (κ1) is 17.7. The van der Waals surface area contributed by atoms with Gasteiger partial charge in [-0.2, -0.15) is 0 Å². The van der Waals surface area contributed by atoms with E-state index in [-0.39, 0.29) is 11.9 Å². The van der Waals surface area contributed by atoms with Gasteiger partial charge in [-0.05, 0) is 25.0 Å². The molecule has 4 aromatic rings. The van der Waals surface area contributed by atoms with Crippen molar-refractivity contribution in [1.29, 1.82) is 0 Å². The Morgan fingerprint density at radius 3 is 2.83 bits per heavy atom. The number of carbonyl (C=O) groups is 1. The van der Waals surface area contributed by atoms with Crippen LogP contribution < -0.4 is 0 Å². The predicted molar refractivity (Wildman–Crippen MR) is 110 cm³/mol. The van der Waals surface area contributed by atoms with E-state index in [9.17, 15) is 4.79 Å². The number of hydrogen-bond donors (Lipinski definition) is 1. The van der Waals surface area contributed by atoms with Crippen molar-refractivity contribution >= 4 is 16.9 Å². The number of nitrogens with one attached hydrogen (secondary N) is 1. The highest BCUT2D eigenvalue weighted by molar-refractivity contribution is 5.78. The largest absolute Gasteiger partial charge is 0.441 e.